The lowest BCUT2D eigenvalue weighted by molar-refractivity contribution is -0.137. The molecule has 0 bridgehead atoms. The van der Waals surface area contributed by atoms with Gasteiger partial charge in [0.25, 0.3) is 0 Å². The molecule has 2 aromatic carbocycles. The number of hydrogen-bond donors (Lipinski definition) is 3. The minimum atomic E-state index is -0.754. The summed E-state index contributed by atoms with van der Waals surface area (Å²) >= 11 is 0. The van der Waals surface area contributed by atoms with Crippen molar-refractivity contribution >= 4 is 40.0 Å². The van der Waals surface area contributed by atoms with Gasteiger partial charge in [0, 0.05) is 68.2 Å². The zero-order chi connectivity index (χ0) is 28.9. The van der Waals surface area contributed by atoms with Crippen molar-refractivity contribution in [2.24, 2.45) is 4.99 Å². The molecule has 0 saturated carbocycles. The second-order valence-electron chi connectivity index (χ2n) is 11.0. The van der Waals surface area contributed by atoms with Crippen LogP contribution in [-0.4, -0.2) is 73.6 Å². The molecule has 0 spiro atoms. The van der Waals surface area contributed by atoms with E-state index in [0.29, 0.717) is 25.9 Å². The monoisotopic (exact) mass is 568 g/mol. The number of rotatable bonds is 10. The molecule has 1 unspecified atom stereocenters. The maximum Gasteiger partial charge on any atom is 0.303 e. The lowest BCUT2D eigenvalue weighted by Crippen LogP contribution is -2.48. The van der Waals surface area contributed by atoms with Gasteiger partial charge in [0.15, 0.2) is 11.7 Å². The van der Waals surface area contributed by atoms with Gasteiger partial charge in [-0.3, -0.25) is 19.7 Å². The smallest absolute Gasteiger partial charge is 0.303 e. The molecule has 42 heavy (non-hydrogen) atoms. The highest BCUT2D eigenvalue weighted by Gasteiger charge is 2.24. The molecule has 4 heterocycles. The minimum absolute atomic E-state index is 0.0443. The lowest BCUT2D eigenvalue weighted by atomic mass is 10.0. The Morgan fingerprint density at radius 2 is 1.76 bits per heavy atom. The summed E-state index contributed by atoms with van der Waals surface area (Å²) < 4.78 is 2.13. The predicted octanol–water partition coefficient (Wildman–Crippen LogP) is 4.45. The van der Waals surface area contributed by atoms with Crippen molar-refractivity contribution in [2.45, 2.75) is 51.1 Å². The van der Waals surface area contributed by atoms with Gasteiger partial charge in [-0.2, -0.15) is 5.10 Å². The Labute approximate surface area is 244 Å². The number of aromatic nitrogens is 4. The number of carboxylic acid groups (broad SMARTS) is 1. The molecule has 1 amide bonds. The summed E-state index contributed by atoms with van der Waals surface area (Å²) in [5, 5.41) is 20.5. The maximum atomic E-state index is 12.6. The van der Waals surface area contributed by atoms with E-state index >= 15 is 0 Å². The molecule has 0 radical (unpaired) electrons. The minimum Gasteiger partial charge on any atom is -0.481 e. The summed E-state index contributed by atoms with van der Waals surface area (Å²) in [6, 6.07) is 14.6. The molecule has 4 aromatic rings. The molecule has 2 aliphatic rings. The number of carboxylic acids is 1. The number of hydrogen-bond acceptors (Lipinski definition) is 7. The van der Waals surface area contributed by atoms with Crippen LogP contribution >= 0.6 is 0 Å². The number of amides is 1. The average Bonchev–Trinajstić information content (AvgIpc) is 3.68. The van der Waals surface area contributed by atoms with Crippen LogP contribution in [0.2, 0.25) is 0 Å². The van der Waals surface area contributed by atoms with E-state index < -0.39 is 5.97 Å². The third-order valence-corrected chi connectivity index (χ3v) is 8.09. The van der Waals surface area contributed by atoms with Crippen LogP contribution in [0, 0.1) is 0 Å². The zero-order valence-electron chi connectivity index (χ0n) is 23.6. The van der Waals surface area contributed by atoms with Crippen molar-refractivity contribution in [2.75, 3.05) is 36.4 Å². The summed E-state index contributed by atoms with van der Waals surface area (Å²) in [7, 11) is 0. The largest absolute Gasteiger partial charge is 0.481 e. The van der Waals surface area contributed by atoms with Crippen LogP contribution in [0.15, 0.2) is 66.0 Å². The Bertz CT molecular complexity index is 1570. The number of carbonyl (C=O) groups is 2. The summed E-state index contributed by atoms with van der Waals surface area (Å²) in [5.74, 6) is 0.999. The van der Waals surface area contributed by atoms with Crippen molar-refractivity contribution in [1.82, 2.24) is 24.6 Å². The van der Waals surface area contributed by atoms with Crippen molar-refractivity contribution < 1.29 is 14.7 Å². The molecular weight excluding hydrogens is 532 g/mol. The first kappa shape index (κ1) is 27.5. The fourth-order valence-electron chi connectivity index (χ4n) is 5.71. The van der Waals surface area contributed by atoms with Crippen molar-refractivity contribution in [3.63, 3.8) is 0 Å². The van der Waals surface area contributed by atoms with Gasteiger partial charge in [0.1, 0.15) is 0 Å². The normalized spacial score (nSPS) is 16.8. The highest BCUT2D eigenvalue weighted by molar-refractivity contribution is 6.06. The standard InChI is InChI=1S/C31H36N8O3/c40-28(5-3-1-2-4-6-29(41)42)38-17-15-37(16-18-38)25-11-9-24(10-12-25)34-30-31-32-13-14-39(31)21-27(35-30)22-7-8-23-20-33-36-26(23)19-22/h7-14,19-20,27H,1-6,15-18,21H2,(H,33,36)(H,34,35)(H,41,42). The second-order valence-corrected chi connectivity index (χ2v) is 11.0. The van der Waals surface area contributed by atoms with Gasteiger partial charge in [0.2, 0.25) is 5.91 Å². The molecule has 11 nitrogen and oxygen atoms in total. The quantitative estimate of drug-likeness (QED) is 0.241. The Hall–Kier alpha value is -4.67. The fraction of sp³-hybridized carbons (Fsp3) is 0.387. The van der Waals surface area contributed by atoms with Gasteiger partial charge in [-0.05, 0) is 48.7 Å². The molecule has 2 aromatic heterocycles. The lowest BCUT2D eigenvalue weighted by Gasteiger charge is -2.36. The highest BCUT2D eigenvalue weighted by atomic mass is 16.4. The number of amidine groups is 1. The van der Waals surface area contributed by atoms with Crippen LogP contribution in [-0.2, 0) is 16.1 Å². The Morgan fingerprint density at radius 1 is 0.976 bits per heavy atom. The van der Waals surface area contributed by atoms with Gasteiger partial charge < -0.3 is 24.8 Å². The van der Waals surface area contributed by atoms with E-state index in [9.17, 15) is 9.59 Å². The van der Waals surface area contributed by atoms with Crippen molar-refractivity contribution in [3.8, 4) is 0 Å². The molecule has 11 heteroatoms. The molecule has 1 saturated heterocycles. The molecule has 6 rings (SSSR count). The molecule has 2 aliphatic heterocycles. The number of aliphatic imine (C=N–C) groups is 1. The van der Waals surface area contributed by atoms with Gasteiger partial charge in [-0.25, -0.2) is 4.98 Å². The Kier molecular flexibility index (Phi) is 8.16. The predicted molar refractivity (Wildman–Crippen MR) is 162 cm³/mol. The first-order chi connectivity index (χ1) is 20.5. The summed E-state index contributed by atoms with van der Waals surface area (Å²) in [5.41, 5.74) is 4.19. The van der Waals surface area contributed by atoms with E-state index in [-0.39, 0.29) is 18.4 Å². The number of aromatic amines is 1. The number of carbonyl (C=O) groups excluding carboxylic acids is 1. The van der Waals surface area contributed by atoms with Crippen LogP contribution in [0.4, 0.5) is 11.4 Å². The third kappa shape index (κ3) is 6.29. The van der Waals surface area contributed by atoms with Crippen molar-refractivity contribution in [1.29, 1.82) is 0 Å². The Balaban J connectivity index is 1.03. The van der Waals surface area contributed by atoms with E-state index in [0.717, 1.165) is 78.4 Å². The number of anilines is 2. The molecule has 218 valence electrons. The fourth-order valence-corrected chi connectivity index (χ4v) is 5.71. The molecule has 1 atom stereocenters. The maximum absolute atomic E-state index is 12.6. The number of benzene rings is 2. The van der Waals surface area contributed by atoms with E-state index in [1.165, 1.54) is 0 Å². The Morgan fingerprint density at radius 3 is 2.55 bits per heavy atom. The molecular formula is C31H36N8O3. The summed E-state index contributed by atoms with van der Waals surface area (Å²) in [6.07, 6.45) is 9.62. The topological polar surface area (TPSA) is 132 Å². The number of nitrogens with zero attached hydrogens (tertiary/aromatic N) is 6. The van der Waals surface area contributed by atoms with Gasteiger partial charge >= 0.3 is 5.97 Å². The number of unbranched alkanes of at least 4 members (excludes halogenated alkanes) is 3. The second kappa shape index (κ2) is 12.5. The SMILES string of the molecule is O=C(O)CCCCCCC(=O)N1CCN(c2ccc(NC3=NC(c4ccc5cn[nH]c5c4)Cn4ccnc43)cc2)CC1. The van der Waals surface area contributed by atoms with E-state index in [1.807, 2.05) is 23.5 Å². The summed E-state index contributed by atoms with van der Waals surface area (Å²) in [4.78, 5) is 37.1. The number of aliphatic carboxylic acids is 1. The van der Waals surface area contributed by atoms with E-state index in [1.54, 1.807) is 0 Å². The zero-order valence-corrected chi connectivity index (χ0v) is 23.6. The molecule has 3 N–H and O–H groups in total. The van der Waals surface area contributed by atoms with Crippen LogP contribution in [0.3, 0.4) is 0 Å². The van der Waals surface area contributed by atoms with Gasteiger partial charge in [-0.15, -0.1) is 0 Å². The number of imidazole rings is 1. The van der Waals surface area contributed by atoms with E-state index in [4.69, 9.17) is 10.1 Å². The number of piperazine rings is 1. The number of nitrogens with one attached hydrogen (secondary N) is 2. The average molecular weight is 569 g/mol. The third-order valence-electron chi connectivity index (χ3n) is 8.09. The number of fused-ring (bicyclic) bond motifs is 2. The van der Waals surface area contributed by atoms with Crippen LogP contribution in [0.1, 0.15) is 56.0 Å². The summed E-state index contributed by atoms with van der Waals surface area (Å²) in [6.45, 7) is 3.74. The first-order valence-corrected chi connectivity index (χ1v) is 14.7. The van der Waals surface area contributed by atoms with Crippen LogP contribution in [0.5, 0.6) is 0 Å². The van der Waals surface area contributed by atoms with Crippen LogP contribution in [0.25, 0.3) is 10.9 Å². The van der Waals surface area contributed by atoms with Gasteiger partial charge in [0.05, 0.1) is 24.3 Å². The molecule has 1 fully saturated rings. The number of H-pyrrole nitrogens is 1. The van der Waals surface area contributed by atoms with Crippen molar-refractivity contribution in [3.05, 3.63) is 72.4 Å². The first-order valence-electron chi connectivity index (χ1n) is 14.7. The van der Waals surface area contributed by atoms with Gasteiger partial charge in [-0.1, -0.05) is 25.0 Å². The van der Waals surface area contributed by atoms with Crippen LogP contribution < -0.4 is 10.2 Å². The van der Waals surface area contributed by atoms with E-state index in [2.05, 4.69) is 72.4 Å². The molecule has 0 aliphatic carbocycles. The highest BCUT2D eigenvalue weighted by Crippen LogP contribution is 2.28.